The van der Waals surface area contributed by atoms with Crippen LogP contribution in [0.15, 0.2) is 53.5 Å². The molecule has 0 aromatic heterocycles. The number of hydrogen-bond donors (Lipinski definition) is 2. The summed E-state index contributed by atoms with van der Waals surface area (Å²) in [6.07, 6.45) is -5.00. The van der Waals surface area contributed by atoms with E-state index in [0.717, 1.165) is 5.56 Å². The summed E-state index contributed by atoms with van der Waals surface area (Å²) in [6.45, 7) is 0.246. The summed E-state index contributed by atoms with van der Waals surface area (Å²) >= 11 is 0. The molecule has 2 aromatic carbocycles. The quantitative estimate of drug-likeness (QED) is 0.575. The molecule has 4 rings (SSSR count). The number of hydrogen-bond acceptors (Lipinski definition) is 3. The molecule has 3 N–H and O–H groups in total. The molecule has 2 unspecified atom stereocenters. The van der Waals surface area contributed by atoms with Gasteiger partial charge in [-0.3, -0.25) is 14.4 Å². The van der Waals surface area contributed by atoms with Crippen molar-refractivity contribution in [3.05, 3.63) is 70.8 Å². The lowest BCUT2D eigenvalue weighted by atomic mass is 9.99. The first kappa shape index (κ1) is 20.6. The summed E-state index contributed by atoms with van der Waals surface area (Å²) in [4.78, 5) is 40.7. The number of amides is 3. The Morgan fingerprint density at radius 1 is 1.13 bits per heavy atom. The molecule has 0 radical (unpaired) electrons. The molecular formula is C21H17F3N4O3. The van der Waals surface area contributed by atoms with Crippen molar-refractivity contribution in [2.75, 3.05) is 0 Å². The lowest BCUT2D eigenvalue weighted by molar-refractivity contribution is -0.169. The minimum Gasteiger partial charge on any atom is -0.383 e. The summed E-state index contributed by atoms with van der Waals surface area (Å²) in [5.74, 6) is -3.49. The molecule has 2 heterocycles. The van der Waals surface area contributed by atoms with Crippen LogP contribution in [-0.4, -0.2) is 40.7 Å². The van der Waals surface area contributed by atoms with Gasteiger partial charge in [0.15, 0.2) is 0 Å². The van der Waals surface area contributed by atoms with Crippen LogP contribution in [0.2, 0.25) is 0 Å². The summed E-state index contributed by atoms with van der Waals surface area (Å²) in [5.41, 5.74) is 7.35. The predicted octanol–water partition coefficient (Wildman–Crippen LogP) is 2.07. The number of nitrogens with one attached hydrogen (secondary N) is 1. The van der Waals surface area contributed by atoms with Gasteiger partial charge in [0.25, 0.3) is 5.91 Å². The monoisotopic (exact) mass is 430 g/mol. The Labute approximate surface area is 174 Å². The Kier molecular flexibility index (Phi) is 5.00. The van der Waals surface area contributed by atoms with Gasteiger partial charge in [-0.05, 0) is 17.2 Å². The van der Waals surface area contributed by atoms with Gasteiger partial charge < -0.3 is 16.0 Å². The van der Waals surface area contributed by atoms with Gasteiger partial charge in [0.1, 0.15) is 5.84 Å². The van der Waals surface area contributed by atoms with Crippen LogP contribution in [0.1, 0.15) is 39.5 Å². The van der Waals surface area contributed by atoms with Gasteiger partial charge >= 0.3 is 12.1 Å². The molecule has 2 atom stereocenters. The first-order valence-electron chi connectivity index (χ1n) is 9.39. The molecule has 1 fully saturated rings. The highest BCUT2D eigenvalue weighted by atomic mass is 19.4. The summed E-state index contributed by atoms with van der Waals surface area (Å²) < 4.78 is 37.3. The van der Waals surface area contributed by atoms with E-state index in [2.05, 4.69) is 10.3 Å². The maximum Gasteiger partial charge on any atom is 0.473 e. The number of fused-ring (bicyclic) bond motifs is 1. The first-order chi connectivity index (χ1) is 14.6. The van der Waals surface area contributed by atoms with E-state index in [1.165, 1.54) is 12.1 Å². The predicted molar refractivity (Wildman–Crippen MR) is 104 cm³/mol. The van der Waals surface area contributed by atoms with Crippen LogP contribution >= 0.6 is 0 Å². The minimum atomic E-state index is -5.14. The van der Waals surface area contributed by atoms with Gasteiger partial charge in [-0.15, -0.1) is 0 Å². The van der Waals surface area contributed by atoms with E-state index in [4.69, 9.17) is 5.73 Å². The van der Waals surface area contributed by atoms with Crippen molar-refractivity contribution in [3.63, 3.8) is 0 Å². The largest absolute Gasteiger partial charge is 0.473 e. The fourth-order valence-corrected chi connectivity index (χ4v) is 3.88. The van der Waals surface area contributed by atoms with E-state index in [9.17, 15) is 27.6 Å². The molecule has 0 bridgehead atoms. The third-order valence-electron chi connectivity index (χ3n) is 5.36. The van der Waals surface area contributed by atoms with E-state index in [1.807, 2.05) is 30.3 Å². The SMILES string of the molecule is NC(=NC(=O)C(F)(F)F)c1ccc2c(c1)C(=O)N(C1CC(=O)NC1c1ccccc1)C2. The van der Waals surface area contributed by atoms with E-state index < -0.39 is 24.0 Å². The topological polar surface area (TPSA) is 105 Å². The number of carbonyl (C=O) groups excluding carboxylic acids is 3. The molecule has 0 aliphatic carbocycles. The molecule has 160 valence electrons. The van der Waals surface area contributed by atoms with Gasteiger partial charge in [0.05, 0.1) is 12.1 Å². The second-order valence-electron chi connectivity index (χ2n) is 7.33. The molecule has 0 saturated carbocycles. The van der Waals surface area contributed by atoms with Crippen LogP contribution in [-0.2, 0) is 16.1 Å². The van der Waals surface area contributed by atoms with Gasteiger partial charge in [-0.2, -0.15) is 18.2 Å². The van der Waals surface area contributed by atoms with Crippen LogP contribution < -0.4 is 11.1 Å². The molecular weight excluding hydrogens is 413 g/mol. The zero-order valence-corrected chi connectivity index (χ0v) is 16.0. The van der Waals surface area contributed by atoms with Gasteiger partial charge in [-0.1, -0.05) is 42.5 Å². The zero-order chi connectivity index (χ0) is 22.3. The average molecular weight is 430 g/mol. The Hall–Kier alpha value is -3.69. The Balaban J connectivity index is 1.61. The van der Waals surface area contributed by atoms with E-state index in [1.54, 1.807) is 11.0 Å². The van der Waals surface area contributed by atoms with Crippen molar-refractivity contribution in [2.45, 2.75) is 31.2 Å². The van der Waals surface area contributed by atoms with Crippen molar-refractivity contribution in [3.8, 4) is 0 Å². The highest BCUT2D eigenvalue weighted by Gasteiger charge is 2.43. The summed E-state index contributed by atoms with van der Waals surface area (Å²) in [5, 5.41) is 2.89. The summed E-state index contributed by atoms with van der Waals surface area (Å²) in [6, 6.07) is 12.8. The van der Waals surface area contributed by atoms with Crippen LogP contribution in [0.25, 0.3) is 0 Å². The van der Waals surface area contributed by atoms with Crippen molar-refractivity contribution in [1.82, 2.24) is 10.2 Å². The number of nitrogens with two attached hydrogens (primary N) is 1. The Bertz CT molecular complexity index is 1100. The Morgan fingerprint density at radius 2 is 1.84 bits per heavy atom. The second kappa shape index (κ2) is 7.53. The fraction of sp³-hybridized carbons (Fsp3) is 0.238. The molecule has 1 saturated heterocycles. The standard InChI is InChI=1S/C21H17F3N4O3/c22-21(23,24)20(31)27-18(25)12-6-7-13-10-28(19(30)14(13)8-12)15-9-16(29)26-17(15)11-4-2-1-3-5-11/h1-8,15,17H,9-10H2,(H,26,29)(H2,25,27,31). The first-order valence-corrected chi connectivity index (χ1v) is 9.39. The van der Waals surface area contributed by atoms with E-state index >= 15 is 0 Å². The maximum atomic E-state index is 13.1. The van der Waals surface area contributed by atoms with E-state index in [-0.39, 0.29) is 41.9 Å². The number of nitrogens with zero attached hydrogens (tertiary/aromatic N) is 2. The molecule has 2 aromatic rings. The molecule has 10 heteroatoms. The Morgan fingerprint density at radius 3 is 2.52 bits per heavy atom. The van der Waals surface area contributed by atoms with Crippen LogP contribution in [0.3, 0.4) is 0 Å². The van der Waals surface area contributed by atoms with Crippen LogP contribution in [0.5, 0.6) is 0 Å². The third-order valence-corrected chi connectivity index (χ3v) is 5.36. The molecule has 2 aliphatic heterocycles. The van der Waals surface area contributed by atoms with Crippen molar-refractivity contribution in [2.24, 2.45) is 10.7 Å². The lowest BCUT2D eigenvalue weighted by Gasteiger charge is -2.28. The highest BCUT2D eigenvalue weighted by Crippen LogP contribution is 2.35. The number of aliphatic imine (C=N–C) groups is 1. The van der Waals surface area contributed by atoms with Gasteiger partial charge in [0.2, 0.25) is 5.91 Å². The minimum absolute atomic E-state index is 0.0341. The number of carbonyl (C=O) groups is 3. The van der Waals surface area contributed by atoms with E-state index in [0.29, 0.717) is 5.56 Å². The van der Waals surface area contributed by atoms with Crippen molar-refractivity contribution >= 4 is 23.6 Å². The number of amidine groups is 1. The molecule has 3 amide bonds. The summed E-state index contributed by atoms with van der Waals surface area (Å²) in [7, 11) is 0. The smallest absolute Gasteiger partial charge is 0.383 e. The number of benzene rings is 2. The maximum absolute atomic E-state index is 13.1. The van der Waals surface area contributed by atoms with Crippen LogP contribution in [0.4, 0.5) is 13.2 Å². The third kappa shape index (κ3) is 3.88. The second-order valence-corrected chi connectivity index (χ2v) is 7.33. The number of halogens is 3. The lowest BCUT2D eigenvalue weighted by Crippen LogP contribution is -2.39. The number of rotatable bonds is 3. The molecule has 7 nitrogen and oxygen atoms in total. The van der Waals surface area contributed by atoms with Gasteiger partial charge in [-0.25, -0.2) is 0 Å². The average Bonchev–Trinajstić information content (AvgIpc) is 3.27. The fourth-order valence-electron chi connectivity index (χ4n) is 3.88. The molecule has 0 spiro atoms. The zero-order valence-electron chi connectivity index (χ0n) is 16.0. The van der Waals surface area contributed by atoms with Crippen molar-refractivity contribution < 1.29 is 27.6 Å². The number of alkyl halides is 3. The normalized spacial score (nSPS) is 21.3. The highest BCUT2D eigenvalue weighted by molar-refractivity contribution is 6.07. The molecule has 31 heavy (non-hydrogen) atoms. The van der Waals surface area contributed by atoms with Crippen molar-refractivity contribution in [1.29, 1.82) is 0 Å². The van der Waals surface area contributed by atoms with Crippen LogP contribution in [0, 0.1) is 0 Å². The van der Waals surface area contributed by atoms with Gasteiger partial charge in [0, 0.05) is 24.1 Å². The molecule has 2 aliphatic rings.